The average molecular weight is 357 g/mol. The van der Waals surface area contributed by atoms with Gasteiger partial charge in [-0.05, 0) is 53.9 Å². The molecule has 2 aromatic heterocycles. The number of aromatic nitrogens is 2. The molecule has 0 aliphatic rings. The maximum absolute atomic E-state index is 13.5. The van der Waals surface area contributed by atoms with Crippen molar-refractivity contribution in [2.45, 2.75) is 6.42 Å². The van der Waals surface area contributed by atoms with Crippen LogP contribution in [0.1, 0.15) is 32.7 Å². The van der Waals surface area contributed by atoms with E-state index in [1.54, 1.807) is 24.4 Å². The summed E-state index contributed by atoms with van der Waals surface area (Å²) in [6.07, 6.45) is 3.30. The van der Waals surface area contributed by atoms with Gasteiger partial charge in [-0.1, -0.05) is 6.07 Å². The smallest absolute Gasteiger partial charge is 0.275 e. The molecule has 0 fully saturated rings. The molecule has 1 N–H and O–H groups in total. The van der Waals surface area contributed by atoms with Crippen LogP contribution in [0.4, 0.5) is 10.2 Å². The van der Waals surface area contributed by atoms with Crippen LogP contribution in [-0.4, -0.2) is 15.9 Å². The van der Waals surface area contributed by atoms with E-state index >= 15 is 0 Å². The van der Waals surface area contributed by atoms with Gasteiger partial charge in [0.15, 0.2) is 0 Å². The van der Waals surface area contributed by atoms with E-state index in [0.717, 1.165) is 5.56 Å². The molecule has 0 unspecified atom stereocenters. The highest BCUT2D eigenvalue weighted by Crippen LogP contribution is 2.15. The van der Waals surface area contributed by atoms with E-state index in [9.17, 15) is 9.18 Å². The van der Waals surface area contributed by atoms with Crippen LogP contribution >= 0.6 is 0 Å². The van der Waals surface area contributed by atoms with Crippen LogP contribution in [0.25, 0.3) is 0 Å². The first-order chi connectivity index (χ1) is 13.1. The monoisotopic (exact) mass is 357 g/mol. The van der Waals surface area contributed by atoms with Gasteiger partial charge < -0.3 is 5.32 Å². The van der Waals surface area contributed by atoms with Crippen LogP contribution in [0.3, 0.4) is 0 Å². The minimum atomic E-state index is -0.462. The second-order valence-electron chi connectivity index (χ2n) is 5.69. The van der Waals surface area contributed by atoms with Crippen LogP contribution in [0, 0.1) is 28.5 Å². The van der Waals surface area contributed by atoms with Gasteiger partial charge in [-0.25, -0.2) is 14.4 Å². The molecule has 27 heavy (non-hydrogen) atoms. The topological polar surface area (TPSA) is 102 Å². The number of nitrogens with one attached hydrogen (secondary N) is 1. The van der Waals surface area contributed by atoms with Gasteiger partial charge >= 0.3 is 0 Å². The number of carbonyl (C=O) groups excluding carboxylic acids is 1. The van der Waals surface area contributed by atoms with E-state index in [4.69, 9.17) is 10.5 Å². The van der Waals surface area contributed by atoms with E-state index < -0.39 is 11.7 Å². The zero-order valence-corrected chi connectivity index (χ0v) is 14.0. The third-order valence-electron chi connectivity index (χ3n) is 3.69. The first-order valence-electron chi connectivity index (χ1n) is 7.89. The average Bonchev–Trinajstić information content (AvgIpc) is 2.69. The summed E-state index contributed by atoms with van der Waals surface area (Å²) < 4.78 is 13.5. The fraction of sp³-hybridized carbons (Fsp3) is 0.0500. The van der Waals surface area contributed by atoms with Gasteiger partial charge in [0.2, 0.25) is 0 Å². The molecule has 0 saturated carbocycles. The Morgan fingerprint density at radius 3 is 2.41 bits per heavy atom. The quantitative estimate of drug-likeness (QED) is 0.772. The second kappa shape index (κ2) is 7.85. The molecule has 0 bridgehead atoms. The van der Waals surface area contributed by atoms with Gasteiger partial charge in [0, 0.05) is 12.4 Å². The Morgan fingerprint density at radius 2 is 1.78 bits per heavy atom. The maximum Gasteiger partial charge on any atom is 0.275 e. The Bertz CT molecular complexity index is 1060. The molecular formula is C20H12FN5O. The normalized spacial score (nSPS) is 9.89. The van der Waals surface area contributed by atoms with E-state index in [1.807, 2.05) is 12.1 Å². The highest BCUT2D eigenvalue weighted by Gasteiger charge is 2.09. The molecule has 1 aromatic carbocycles. The number of nitriles is 2. The Hall–Kier alpha value is -4.10. The number of hydrogen-bond acceptors (Lipinski definition) is 5. The number of anilines is 1. The second-order valence-corrected chi connectivity index (χ2v) is 5.69. The first-order valence-corrected chi connectivity index (χ1v) is 7.89. The Balaban J connectivity index is 1.68. The third kappa shape index (κ3) is 4.50. The van der Waals surface area contributed by atoms with Crippen LogP contribution in [0.5, 0.6) is 0 Å². The highest BCUT2D eigenvalue weighted by molar-refractivity contribution is 6.02. The van der Waals surface area contributed by atoms with Gasteiger partial charge in [0.1, 0.15) is 23.4 Å². The summed E-state index contributed by atoms with van der Waals surface area (Å²) in [5, 5.41) is 20.3. The molecule has 0 saturated heterocycles. The minimum Gasteiger partial charge on any atom is -0.305 e. The fourth-order valence-corrected chi connectivity index (χ4v) is 2.43. The van der Waals surface area contributed by atoms with Gasteiger partial charge in [0.25, 0.3) is 5.91 Å². The van der Waals surface area contributed by atoms with E-state index in [-0.39, 0.29) is 11.3 Å². The lowest BCUT2D eigenvalue weighted by atomic mass is 10.0. The predicted octanol–water partition coefficient (Wildman–Crippen LogP) is 3.20. The van der Waals surface area contributed by atoms with Crippen molar-refractivity contribution in [2.24, 2.45) is 0 Å². The molecule has 1 amide bonds. The van der Waals surface area contributed by atoms with Crippen LogP contribution < -0.4 is 5.32 Å². The van der Waals surface area contributed by atoms with Crippen molar-refractivity contribution in [3.63, 3.8) is 0 Å². The lowest BCUT2D eigenvalue weighted by molar-refractivity contribution is 0.102. The number of halogens is 1. The molecule has 0 radical (unpaired) electrons. The summed E-state index contributed by atoms with van der Waals surface area (Å²) in [6.45, 7) is 0. The number of carbonyl (C=O) groups is 1. The largest absolute Gasteiger partial charge is 0.305 e. The molecule has 3 aromatic rings. The van der Waals surface area contributed by atoms with E-state index in [2.05, 4.69) is 15.3 Å². The number of hydrogen-bond donors (Lipinski definition) is 1. The summed E-state index contributed by atoms with van der Waals surface area (Å²) in [5.41, 5.74) is 2.26. The lowest BCUT2D eigenvalue weighted by Gasteiger charge is -2.06. The number of benzene rings is 1. The van der Waals surface area contributed by atoms with Crippen LogP contribution in [0.15, 0.2) is 54.9 Å². The summed E-state index contributed by atoms with van der Waals surface area (Å²) in [4.78, 5) is 20.2. The summed E-state index contributed by atoms with van der Waals surface area (Å²) >= 11 is 0. The van der Waals surface area contributed by atoms with Crippen molar-refractivity contribution < 1.29 is 9.18 Å². The van der Waals surface area contributed by atoms with Gasteiger partial charge in [-0.15, -0.1) is 0 Å². The molecule has 0 atom stereocenters. The van der Waals surface area contributed by atoms with Gasteiger partial charge in [-0.3, -0.25) is 4.79 Å². The molecule has 0 aliphatic heterocycles. The van der Waals surface area contributed by atoms with Crippen LogP contribution in [0.2, 0.25) is 0 Å². The third-order valence-corrected chi connectivity index (χ3v) is 3.69. The van der Waals surface area contributed by atoms with Crippen molar-refractivity contribution in [3.05, 3.63) is 88.6 Å². The number of nitrogens with zero attached hydrogens (tertiary/aromatic N) is 4. The molecule has 6 nitrogen and oxygen atoms in total. The Kier molecular flexibility index (Phi) is 5.15. The summed E-state index contributed by atoms with van der Waals surface area (Å²) in [6, 6.07) is 14.4. The van der Waals surface area contributed by atoms with Crippen molar-refractivity contribution in [1.82, 2.24) is 9.97 Å². The summed E-state index contributed by atoms with van der Waals surface area (Å²) in [5.74, 6) is -0.564. The number of amides is 1. The summed E-state index contributed by atoms with van der Waals surface area (Å²) in [7, 11) is 0. The van der Waals surface area contributed by atoms with Crippen molar-refractivity contribution in [2.75, 3.05) is 5.32 Å². The minimum absolute atomic E-state index is 0.170. The van der Waals surface area contributed by atoms with E-state index in [0.29, 0.717) is 23.4 Å². The maximum atomic E-state index is 13.5. The zero-order chi connectivity index (χ0) is 19.2. The first kappa shape index (κ1) is 17.7. The van der Waals surface area contributed by atoms with Crippen LogP contribution in [-0.2, 0) is 6.42 Å². The van der Waals surface area contributed by atoms with Gasteiger partial charge in [-0.2, -0.15) is 10.5 Å². The SMILES string of the molecule is N#Cc1ccc(C(=O)Nc2ccc(Cc3cc(F)cc(C#N)c3)cn2)nc1. The zero-order valence-electron chi connectivity index (χ0n) is 14.0. The highest BCUT2D eigenvalue weighted by atomic mass is 19.1. The van der Waals surface area contributed by atoms with Crippen molar-refractivity contribution in [3.8, 4) is 12.1 Å². The molecule has 130 valence electrons. The number of pyridine rings is 2. The van der Waals surface area contributed by atoms with Crippen molar-refractivity contribution >= 4 is 11.7 Å². The fourth-order valence-electron chi connectivity index (χ4n) is 2.43. The van der Waals surface area contributed by atoms with Gasteiger partial charge in [0.05, 0.1) is 17.2 Å². The Morgan fingerprint density at radius 1 is 0.963 bits per heavy atom. The molecule has 2 heterocycles. The number of rotatable bonds is 4. The molecule has 3 rings (SSSR count). The molecule has 0 spiro atoms. The molecule has 0 aliphatic carbocycles. The lowest BCUT2D eigenvalue weighted by Crippen LogP contribution is -2.14. The predicted molar refractivity (Wildman–Crippen MR) is 95.1 cm³/mol. The Labute approximate surface area is 154 Å². The van der Waals surface area contributed by atoms with Crippen molar-refractivity contribution in [1.29, 1.82) is 10.5 Å². The molecule has 7 heteroatoms. The van der Waals surface area contributed by atoms with E-state index in [1.165, 1.54) is 30.5 Å². The molecular weight excluding hydrogens is 345 g/mol. The standard InChI is InChI=1S/C20H12FN5O/c21-17-7-15(6-16(8-17)10-23)5-13-2-4-19(25-11-13)26-20(27)18-3-1-14(9-22)12-24-18/h1-4,6-8,11-12H,5H2,(H,25,26,27).